The van der Waals surface area contributed by atoms with Crippen molar-refractivity contribution < 1.29 is 21.6 Å². The topological polar surface area (TPSA) is 52.0 Å². The molecule has 0 bridgehead atoms. The highest BCUT2D eigenvalue weighted by molar-refractivity contribution is 7.92. The highest BCUT2D eigenvalue weighted by atomic mass is 32.2. The fourth-order valence-corrected chi connectivity index (χ4v) is 3.84. The molecule has 4 nitrogen and oxygen atoms in total. The first-order chi connectivity index (χ1) is 11.7. The van der Waals surface area contributed by atoms with Crippen LogP contribution in [0, 0.1) is 0 Å². The van der Waals surface area contributed by atoms with Gasteiger partial charge in [0.2, 0.25) is 0 Å². The second-order valence-corrected chi connectivity index (χ2v) is 7.93. The molecule has 132 valence electrons. The fraction of sp³-hybridized carbons (Fsp3) is 0.188. The molecule has 2 heterocycles. The highest BCUT2D eigenvalue weighted by Crippen LogP contribution is 2.32. The lowest BCUT2D eigenvalue weighted by atomic mass is 10.3. The first-order valence-electron chi connectivity index (χ1n) is 7.26. The minimum Gasteiger partial charge on any atom is -0.325 e. The number of aryl methyl sites for hydroxylation is 1. The van der Waals surface area contributed by atoms with Crippen molar-refractivity contribution in [3.05, 3.63) is 46.4 Å². The Morgan fingerprint density at radius 1 is 1.24 bits per heavy atom. The summed E-state index contributed by atoms with van der Waals surface area (Å²) in [5.41, 5.74) is -3.57. The van der Waals surface area contributed by atoms with E-state index in [1.165, 1.54) is 6.07 Å². The Morgan fingerprint density at radius 3 is 2.60 bits per heavy atom. The molecule has 3 rings (SSSR count). The lowest BCUT2D eigenvalue weighted by Crippen LogP contribution is -2.23. The first kappa shape index (κ1) is 17.7. The Kier molecular flexibility index (Phi) is 4.46. The molecule has 0 amide bonds. The third-order valence-electron chi connectivity index (χ3n) is 3.65. The third kappa shape index (κ3) is 3.21. The van der Waals surface area contributed by atoms with E-state index in [0.717, 1.165) is 17.7 Å². The Hall–Kier alpha value is -2.13. The van der Waals surface area contributed by atoms with Gasteiger partial charge in [-0.2, -0.15) is 24.5 Å². The minimum absolute atomic E-state index is 0.206. The predicted octanol–water partition coefficient (Wildman–Crippen LogP) is 4.58. The standard InChI is InChI=1S/C16H13F3N2O2S2/c1-2-21-14-5-4-12(25(22,23)16(17,18)19)9-13(14)20-15(21)6-3-11-7-8-24-10-11/h3-10H,2H2,1H3/b6-3+. The lowest BCUT2D eigenvalue weighted by Gasteiger charge is -2.08. The smallest absolute Gasteiger partial charge is 0.325 e. The molecule has 9 heteroatoms. The van der Waals surface area contributed by atoms with Gasteiger partial charge in [0, 0.05) is 6.54 Å². The van der Waals surface area contributed by atoms with Gasteiger partial charge in [-0.25, -0.2) is 13.4 Å². The van der Waals surface area contributed by atoms with Crippen LogP contribution in [0.5, 0.6) is 0 Å². The molecular formula is C16H13F3N2O2S2. The predicted molar refractivity (Wildman–Crippen MR) is 91.9 cm³/mol. The Labute approximate surface area is 146 Å². The average molecular weight is 386 g/mol. The molecule has 0 unspecified atom stereocenters. The van der Waals surface area contributed by atoms with Gasteiger partial charge < -0.3 is 4.57 Å². The van der Waals surface area contributed by atoms with E-state index in [-0.39, 0.29) is 5.52 Å². The van der Waals surface area contributed by atoms with Gasteiger partial charge >= 0.3 is 5.51 Å². The van der Waals surface area contributed by atoms with Crippen molar-refractivity contribution in [2.24, 2.45) is 0 Å². The second-order valence-electron chi connectivity index (χ2n) is 5.20. The summed E-state index contributed by atoms with van der Waals surface area (Å²) in [6, 6.07) is 5.21. The fourth-order valence-electron chi connectivity index (χ4n) is 2.43. The van der Waals surface area contributed by atoms with Gasteiger partial charge in [0.15, 0.2) is 0 Å². The number of alkyl halides is 3. The molecule has 0 saturated heterocycles. The van der Waals surface area contributed by atoms with E-state index >= 15 is 0 Å². The number of imidazole rings is 1. The molecule has 0 fully saturated rings. The molecule has 2 aromatic heterocycles. The monoisotopic (exact) mass is 386 g/mol. The van der Waals surface area contributed by atoms with Crippen LogP contribution in [0.25, 0.3) is 23.2 Å². The van der Waals surface area contributed by atoms with Gasteiger partial charge in [-0.1, -0.05) is 6.08 Å². The summed E-state index contributed by atoms with van der Waals surface area (Å²) in [6.45, 7) is 2.43. The summed E-state index contributed by atoms with van der Waals surface area (Å²) in [7, 11) is -5.39. The minimum atomic E-state index is -5.39. The number of fused-ring (bicyclic) bond motifs is 1. The summed E-state index contributed by atoms with van der Waals surface area (Å²) >= 11 is 1.54. The molecule has 0 N–H and O–H groups in total. The van der Waals surface area contributed by atoms with Gasteiger partial charge in [0.25, 0.3) is 9.84 Å². The van der Waals surface area contributed by atoms with Crippen molar-refractivity contribution in [2.45, 2.75) is 23.9 Å². The number of hydrogen-bond acceptors (Lipinski definition) is 4. The number of sulfone groups is 1. The van der Waals surface area contributed by atoms with Crippen LogP contribution < -0.4 is 0 Å². The molecular weight excluding hydrogens is 373 g/mol. The van der Waals surface area contributed by atoms with Crippen LogP contribution in [0.3, 0.4) is 0 Å². The summed E-state index contributed by atoms with van der Waals surface area (Å²) in [4.78, 5) is 3.48. The van der Waals surface area contributed by atoms with Gasteiger partial charge in [-0.05, 0) is 53.6 Å². The van der Waals surface area contributed by atoms with E-state index in [2.05, 4.69) is 4.98 Å². The number of benzene rings is 1. The molecule has 0 aliphatic rings. The summed E-state index contributed by atoms with van der Waals surface area (Å²) in [6.07, 6.45) is 3.60. The van der Waals surface area contributed by atoms with Crippen LogP contribution in [0.15, 0.2) is 39.9 Å². The Bertz CT molecular complexity index is 1030. The van der Waals surface area contributed by atoms with Crippen LogP contribution in [0.2, 0.25) is 0 Å². The number of aromatic nitrogens is 2. The Morgan fingerprint density at radius 2 is 2.00 bits per heavy atom. The molecule has 3 aromatic rings. The molecule has 1 aromatic carbocycles. The van der Waals surface area contributed by atoms with Crippen molar-refractivity contribution in [1.82, 2.24) is 9.55 Å². The van der Waals surface area contributed by atoms with E-state index in [1.807, 2.05) is 34.4 Å². The van der Waals surface area contributed by atoms with Gasteiger partial charge in [0.1, 0.15) is 5.82 Å². The van der Waals surface area contributed by atoms with E-state index in [1.54, 1.807) is 17.4 Å². The van der Waals surface area contributed by atoms with Gasteiger partial charge in [0.05, 0.1) is 15.9 Å². The van der Waals surface area contributed by atoms with Crippen molar-refractivity contribution in [3.63, 3.8) is 0 Å². The lowest BCUT2D eigenvalue weighted by molar-refractivity contribution is -0.0435. The summed E-state index contributed by atoms with van der Waals surface area (Å²) < 4.78 is 63.1. The zero-order valence-corrected chi connectivity index (χ0v) is 14.6. The number of halogens is 3. The zero-order chi connectivity index (χ0) is 18.2. The highest BCUT2D eigenvalue weighted by Gasteiger charge is 2.47. The molecule has 0 radical (unpaired) electrons. The Balaban J connectivity index is 2.10. The molecule has 25 heavy (non-hydrogen) atoms. The first-order valence-corrected chi connectivity index (χ1v) is 9.68. The quantitative estimate of drug-likeness (QED) is 0.659. The zero-order valence-electron chi connectivity index (χ0n) is 13.0. The molecule has 0 aliphatic carbocycles. The largest absolute Gasteiger partial charge is 0.501 e. The van der Waals surface area contributed by atoms with E-state index in [4.69, 9.17) is 0 Å². The molecule has 0 spiro atoms. The summed E-state index contributed by atoms with van der Waals surface area (Å²) in [5, 5.41) is 3.88. The number of nitrogens with zero attached hydrogens (tertiary/aromatic N) is 2. The summed E-state index contributed by atoms with van der Waals surface area (Å²) in [5.74, 6) is 0.547. The molecule has 0 atom stereocenters. The van der Waals surface area contributed by atoms with E-state index < -0.39 is 20.2 Å². The molecule has 0 saturated carbocycles. The van der Waals surface area contributed by atoms with E-state index in [0.29, 0.717) is 17.9 Å². The maximum absolute atomic E-state index is 12.7. The van der Waals surface area contributed by atoms with Crippen molar-refractivity contribution in [1.29, 1.82) is 0 Å². The van der Waals surface area contributed by atoms with Crippen LogP contribution in [0.1, 0.15) is 18.3 Å². The van der Waals surface area contributed by atoms with Crippen LogP contribution in [0.4, 0.5) is 13.2 Å². The van der Waals surface area contributed by atoms with Crippen molar-refractivity contribution >= 4 is 44.4 Å². The SMILES string of the molecule is CCn1c(/C=C/c2ccsc2)nc2cc(S(=O)(=O)C(F)(F)F)ccc21. The number of thiophene rings is 1. The normalized spacial score (nSPS) is 13.1. The number of rotatable bonds is 4. The van der Waals surface area contributed by atoms with E-state index in [9.17, 15) is 21.6 Å². The van der Waals surface area contributed by atoms with Crippen LogP contribution in [-0.4, -0.2) is 23.5 Å². The second kappa shape index (κ2) is 6.30. The van der Waals surface area contributed by atoms with Gasteiger partial charge in [-0.3, -0.25) is 0 Å². The van der Waals surface area contributed by atoms with Crippen molar-refractivity contribution in [2.75, 3.05) is 0 Å². The van der Waals surface area contributed by atoms with Crippen LogP contribution >= 0.6 is 11.3 Å². The maximum Gasteiger partial charge on any atom is 0.501 e. The van der Waals surface area contributed by atoms with Gasteiger partial charge in [-0.15, -0.1) is 0 Å². The molecule has 0 aliphatic heterocycles. The average Bonchev–Trinajstić information content (AvgIpc) is 3.17. The maximum atomic E-state index is 12.7. The third-order valence-corrected chi connectivity index (χ3v) is 5.83. The van der Waals surface area contributed by atoms with Crippen molar-refractivity contribution in [3.8, 4) is 0 Å². The van der Waals surface area contributed by atoms with Crippen LogP contribution in [-0.2, 0) is 16.4 Å². The number of hydrogen-bond donors (Lipinski definition) is 0.